The lowest BCUT2D eigenvalue weighted by molar-refractivity contribution is -0.122. The molecule has 2 N–H and O–H groups in total. The molecule has 1 rings (SSSR count). The van der Waals surface area contributed by atoms with E-state index in [0.29, 0.717) is 11.3 Å². The lowest BCUT2D eigenvalue weighted by atomic mass is 10.2. The number of benzene rings is 1. The van der Waals surface area contributed by atoms with Gasteiger partial charge in [-0.25, -0.2) is 4.79 Å². The molecule has 120 valence electrons. The van der Waals surface area contributed by atoms with Crippen LogP contribution in [-0.2, 0) is 14.3 Å². The van der Waals surface area contributed by atoms with E-state index in [2.05, 4.69) is 31.3 Å². The summed E-state index contributed by atoms with van der Waals surface area (Å²) in [4.78, 5) is 34.6. The Labute approximate surface area is 137 Å². The predicted octanol–water partition coefficient (Wildman–Crippen LogP) is 2.09. The minimum atomic E-state index is -0.660. The van der Waals surface area contributed by atoms with Gasteiger partial charge in [0.25, 0.3) is 0 Å². The zero-order valence-corrected chi connectivity index (χ0v) is 14.3. The van der Waals surface area contributed by atoms with Gasteiger partial charge in [-0.1, -0.05) is 15.9 Å². The van der Waals surface area contributed by atoms with Crippen LogP contribution in [0.25, 0.3) is 0 Å². The first kappa shape index (κ1) is 18.2. The average Bonchev–Trinajstić information content (AvgIpc) is 2.46. The van der Waals surface area contributed by atoms with Crippen LogP contribution >= 0.6 is 15.9 Å². The highest BCUT2D eigenvalue weighted by Gasteiger charge is 2.22. The molecule has 0 spiro atoms. The largest absolute Gasteiger partial charge is 0.465 e. The number of methoxy groups -OCH3 is 1. The van der Waals surface area contributed by atoms with E-state index in [4.69, 9.17) is 0 Å². The number of halogens is 1. The van der Waals surface area contributed by atoms with Crippen molar-refractivity contribution in [3.63, 3.8) is 0 Å². The van der Waals surface area contributed by atoms with Crippen molar-refractivity contribution in [3.8, 4) is 0 Å². The Morgan fingerprint density at radius 1 is 1.18 bits per heavy atom. The molecule has 1 aromatic carbocycles. The van der Waals surface area contributed by atoms with Gasteiger partial charge in [-0.05, 0) is 38.1 Å². The molecule has 0 saturated heterocycles. The van der Waals surface area contributed by atoms with Gasteiger partial charge < -0.3 is 15.4 Å². The number of anilines is 1. The first-order valence-corrected chi connectivity index (χ1v) is 7.49. The number of amides is 2. The summed E-state index contributed by atoms with van der Waals surface area (Å²) >= 11 is 3.24. The molecule has 7 heteroatoms. The van der Waals surface area contributed by atoms with Crippen LogP contribution in [0.2, 0.25) is 0 Å². The monoisotopic (exact) mass is 370 g/mol. The highest BCUT2D eigenvalue weighted by Crippen LogP contribution is 2.15. The van der Waals surface area contributed by atoms with Gasteiger partial charge in [-0.2, -0.15) is 0 Å². The summed E-state index contributed by atoms with van der Waals surface area (Å²) in [5, 5.41) is 5.35. The van der Waals surface area contributed by atoms with E-state index < -0.39 is 10.3 Å². The number of hydrogen-bond acceptors (Lipinski definition) is 4. The number of esters is 1. The van der Waals surface area contributed by atoms with Crippen molar-refractivity contribution in [1.29, 1.82) is 0 Å². The van der Waals surface area contributed by atoms with Gasteiger partial charge in [0, 0.05) is 18.7 Å². The molecule has 0 heterocycles. The van der Waals surface area contributed by atoms with Crippen LogP contribution in [0.5, 0.6) is 0 Å². The molecule has 0 aliphatic carbocycles. The maximum atomic E-state index is 11.8. The van der Waals surface area contributed by atoms with E-state index in [1.54, 1.807) is 38.1 Å². The highest BCUT2D eigenvalue weighted by molar-refractivity contribution is 9.10. The summed E-state index contributed by atoms with van der Waals surface area (Å²) in [6.07, 6.45) is 0.160. The van der Waals surface area contributed by atoms with E-state index in [1.165, 1.54) is 7.11 Å². The second kappa shape index (κ2) is 7.93. The van der Waals surface area contributed by atoms with Gasteiger partial charge in [0.1, 0.15) is 0 Å². The van der Waals surface area contributed by atoms with Crippen LogP contribution in [0.1, 0.15) is 30.6 Å². The van der Waals surface area contributed by atoms with Crippen LogP contribution < -0.4 is 10.6 Å². The van der Waals surface area contributed by atoms with Crippen molar-refractivity contribution >= 4 is 39.4 Å². The zero-order valence-electron chi connectivity index (χ0n) is 12.7. The standard InChI is InChI=1S/C15H19BrN2O4/c1-15(2,16)14(21)17-9-8-12(19)18-11-6-4-10(5-7-11)13(20)22-3/h4-7H,8-9H2,1-3H3,(H,17,21)(H,18,19). The minimum Gasteiger partial charge on any atom is -0.465 e. The third-order valence-corrected chi connectivity index (χ3v) is 3.13. The molecular weight excluding hydrogens is 352 g/mol. The summed E-state index contributed by atoms with van der Waals surface area (Å²) in [5.74, 6) is -0.834. The van der Waals surface area contributed by atoms with E-state index in [0.717, 1.165) is 0 Å². The molecule has 0 fully saturated rings. The molecule has 0 radical (unpaired) electrons. The fourth-order valence-corrected chi connectivity index (χ4v) is 1.67. The first-order valence-electron chi connectivity index (χ1n) is 6.69. The molecule has 0 unspecified atom stereocenters. The Morgan fingerprint density at radius 2 is 1.77 bits per heavy atom. The predicted molar refractivity (Wildman–Crippen MR) is 87.0 cm³/mol. The number of ether oxygens (including phenoxy) is 1. The Hall–Kier alpha value is -1.89. The van der Waals surface area contributed by atoms with E-state index in [9.17, 15) is 14.4 Å². The van der Waals surface area contributed by atoms with Crippen molar-refractivity contribution in [2.75, 3.05) is 19.0 Å². The topological polar surface area (TPSA) is 84.5 Å². The Morgan fingerprint density at radius 3 is 2.27 bits per heavy atom. The van der Waals surface area contributed by atoms with Crippen LogP contribution in [0.15, 0.2) is 24.3 Å². The molecule has 0 saturated carbocycles. The van der Waals surface area contributed by atoms with E-state index >= 15 is 0 Å². The SMILES string of the molecule is COC(=O)c1ccc(NC(=O)CCNC(=O)C(C)(C)Br)cc1. The van der Waals surface area contributed by atoms with Crippen molar-refractivity contribution < 1.29 is 19.1 Å². The summed E-state index contributed by atoms with van der Waals surface area (Å²) in [6, 6.07) is 6.36. The van der Waals surface area contributed by atoms with E-state index in [-0.39, 0.29) is 24.8 Å². The molecule has 0 aliphatic rings. The van der Waals surface area contributed by atoms with Crippen molar-refractivity contribution in [2.24, 2.45) is 0 Å². The van der Waals surface area contributed by atoms with Crippen molar-refractivity contribution in [1.82, 2.24) is 5.32 Å². The average molecular weight is 371 g/mol. The molecule has 0 bridgehead atoms. The number of nitrogens with one attached hydrogen (secondary N) is 2. The lowest BCUT2D eigenvalue weighted by Crippen LogP contribution is -2.38. The minimum absolute atomic E-state index is 0.160. The number of carbonyl (C=O) groups excluding carboxylic acids is 3. The number of rotatable bonds is 6. The van der Waals surface area contributed by atoms with Crippen LogP contribution in [0, 0.1) is 0 Å². The zero-order chi connectivity index (χ0) is 16.8. The van der Waals surface area contributed by atoms with Gasteiger partial charge in [0.15, 0.2) is 0 Å². The van der Waals surface area contributed by atoms with Crippen molar-refractivity contribution in [3.05, 3.63) is 29.8 Å². The van der Waals surface area contributed by atoms with Gasteiger partial charge >= 0.3 is 5.97 Å². The third kappa shape index (κ3) is 5.85. The van der Waals surface area contributed by atoms with Crippen LogP contribution in [0.4, 0.5) is 5.69 Å². The molecule has 0 aromatic heterocycles. The lowest BCUT2D eigenvalue weighted by Gasteiger charge is -2.15. The van der Waals surface area contributed by atoms with Crippen molar-refractivity contribution in [2.45, 2.75) is 24.6 Å². The normalized spacial score (nSPS) is 10.7. The number of carbonyl (C=O) groups is 3. The second-order valence-corrected chi connectivity index (χ2v) is 7.08. The molecule has 0 atom stereocenters. The maximum absolute atomic E-state index is 11.8. The summed E-state index contributed by atoms with van der Waals surface area (Å²) in [6.45, 7) is 3.70. The van der Waals surface area contributed by atoms with Crippen LogP contribution in [0.3, 0.4) is 0 Å². The van der Waals surface area contributed by atoms with Gasteiger partial charge in [0.05, 0.1) is 17.0 Å². The highest BCUT2D eigenvalue weighted by atomic mass is 79.9. The van der Waals surface area contributed by atoms with E-state index in [1.807, 2.05) is 0 Å². The smallest absolute Gasteiger partial charge is 0.337 e. The van der Waals surface area contributed by atoms with Gasteiger partial charge in [-0.3, -0.25) is 9.59 Å². The quantitative estimate of drug-likeness (QED) is 0.593. The Bertz CT molecular complexity index is 550. The molecule has 2 amide bonds. The molecular formula is C15H19BrN2O4. The third-order valence-electron chi connectivity index (χ3n) is 2.77. The second-order valence-electron chi connectivity index (χ2n) is 5.10. The fraction of sp³-hybridized carbons (Fsp3) is 0.400. The summed E-state index contributed by atoms with van der Waals surface area (Å²) in [5.41, 5.74) is 0.983. The first-order chi connectivity index (χ1) is 10.2. The molecule has 6 nitrogen and oxygen atoms in total. The maximum Gasteiger partial charge on any atom is 0.337 e. The Balaban J connectivity index is 2.42. The number of hydrogen-bond donors (Lipinski definition) is 2. The van der Waals surface area contributed by atoms with Gasteiger partial charge in [0.2, 0.25) is 11.8 Å². The molecule has 22 heavy (non-hydrogen) atoms. The molecule has 1 aromatic rings. The number of alkyl halides is 1. The summed E-state index contributed by atoms with van der Waals surface area (Å²) in [7, 11) is 1.31. The van der Waals surface area contributed by atoms with Gasteiger partial charge in [-0.15, -0.1) is 0 Å². The fourth-order valence-electron chi connectivity index (χ4n) is 1.53. The summed E-state index contributed by atoms with van der Waals surface area (Å²) < 4.78 is 3.93. The van der Waals surface area contributed by atoms with Crippen LogP contribution in [-0.4, -0.2) is 35.8 Å². The molecule has 0 aliphatic heterocycles. The Kier molecular flexibility index (Phi) is 6.55.